The summed E-state index contributed by atoms with van der Waals surface area (Å²) in [4.78, 5) is 102. The Morgan fingerprint density at radius 2 is 1.21 bits per heavy atom. The molecule has 0 saturated carbocycles. The summed E-state index contributed by atoms with van der Waals surface area (Å²) in [6, 6.07) is 0. The first-order valence-corrected chi connectivity index (χ1v) is 10.2. The standard InChI is InChI=1S/C10H12O3.C7H10O2.C4H2O3.3CO2.H2/c1-5-3-4-6(2)8-7(5)9(11)13-10(8)12;1-3-4-5-6-7(8)9-2;5-3-1-2-4(6)7-3;3*2-1-3;/h3-8H,1-2H3;3-6H,1-2H3;1-2H;;;;1H/b;4-3+,6-5+;;;;;/t5-,6+,7-,8+;;;;;;/i;;;;;;1+2D. The summed E-state index contributed by atoms with van der Waals surface area (Å²) >= 11 is 0. The number of carbonyl (C=O) groups excluding carboxylic acids is 11. The van der Waals surface area contributed by atoms with E-state index in [1.165, 1.54) is 13.2 Å². The molecule has 0 aromatic heterocycles. The Morgan fingerprint density at radius 3 is 1.47 bits per heavy atom. The van der Waals surface area contributed by atoms with Gasteiger partial charge < -0.3 is 14.2 Å². The average Bonchev–Trinajstić information content (AvgIpc) is 3.45. The van der Waals surface area contributed by atoms with Crippen molar-refractivity contribution in [2.45, 2.75) is 20.8 Å². The van der Waals surface area contributed by atoms with Crippen LogP contribution in [0.15, 0.2) is 48.6 Å². The highest BCUT2D eigenvalue weighted by Gasteiger charge is 2.49. The molecule has 2 heterocycles. The lowest BCUT2D eigenvalue weighted by molar-refractivity contribution is -0.193. The van der Waals surface area contributed by atoms with Gasteiger partial charge in [0.25, 0.3) is 0 Å². The number of fused-ring (bicyclic) bond motifs is 1. The van der Waals surface area contributed by atoms with Gasteiger partial charge in [-0.05, 0) is 18.8 Å². The number of rotatable bonds is 2. The number of hydrogen-bond acceptors (Lipinski definition) is 14. The molecular weight excluding hydrogens is 512 g/mol. The van der Waals surface area contributed by atoms with Gasteiger partial charge in [-0.2, -0.15) is 28.8 Å². The predicted molar refractivity (Wildman–Crippen MR) is 119 cm³/mol. The lowest BCUT2D eigenvalue weighted by Crippen LogP contribution is -2.31. The molecule has 2 aliphatic heterocycles. The molecular formula is C24H26O14. The van der Waals surface area contributed by atoms with E-state index in [1.54, 1.807) is 12.2 Å². The Bertz CT molecular complexity index is 967. The van der Waals surface area contributed by atoms with Gasteiger partial charge >= 0.3 is 48.3 Å². The molecule has 1 aliphatic carbocycles. The van der Waals surface area contributed by atoms with Gasteiger partial charge in [0, 0.05) is 21.2 Å². The van der Waals surface area contributed by atoms with E-state index < -0.39 is 11.9 Å². The third-order valence-electron chi connectivity index (χ3n) is 4.28. The molecule has 3 rings (SSSR count). The maximum atomic E-state index is 11.3. The van der Waals surface area contributed by atoms with Crippen molar-refractivity contribution < 1.29 is 69.9 Å². The monoisotopic (exact) mass is 541 g/mol. The van der Waals surface area contributed by atoms with Gasteiger partial charge in [-0.3, -0.25) is 9.59 Å². The molecule has 0 radical (unpaired) electrons. The van der Waals surface area contributed by atoms with E-state index >= 15 is 0 Å². The first-order chi connectivity index (χ1) is 18.9. The molecule has 14 heteroatoms. The van der Waals surface area contributed by atoms with Crippen LogP contribution in [0.5, 0.6) is 0 Å². The van der Waals surface area contributed by atoms with E-state index in [1.807, 2.05) is 39.0 Å². The Labute approximate surface area is 219 Å². The second-order valence-corrected chi connectivity index (χ2v) is 6.63. The van der Waals surface area contributed by atoms with Crippen molar-refractivity contribution in [1.29, 1.82) is 0 Å². The quantitative estimate of drug-likeness (QED) is 0.117. The van der Waals surface area contributed by atoms with Gasteiger partial charge in [0.2, 0.25) is 0 Å². The van der Waals surface area contributed by atoms with Crippen molar-refractivity contribution in [2.24, 2.45) is 23.7 Å². The number of allylic oxidation sites excluding steroid dienone is 5. The van der Waals surface area contributed by atoms with Crippen molar-refractivity contribution in [3.05, 3.63) is 48.6 Å². The average molecular weight is 541 g/mol. The minimum Gasteiger partial charge on any atom is -0.466 e. The Kier molecular flexibility index (Phi) is 21.7. The fourth-order valence-electron chi connectivity index (χ4n) is 2.82. The van der Waals surface area contributed by atoms with Gasteiger partial charge in [-0.25, -0.2) is 14.4 Å². The van der Waals surface area contributed by atoms with Gasteiger partial charge in [-0.1, -0.05) is 44.2 Å². The molecule has 1 saturated heterocycles. The zero-order valence-electron chi connectivity index (χ0n) is 22.6. The number of carbonyl (C=O) groups is 5. The topological polar surface area (TPSA) is 215 Å². The van der Waals surface area contributed by atoms with E-state index in [4.69, 9.17) is 31.7 Å². The van der Waals surface area contributed by atoms with Crippen LogP contribution in [0.2, 0.25) is 0 Å². The minimum atomic E-state index is -0.579. The third-order valence-corrected chi connectivity index (χ3v) is 4.28. The number of methoxy groups -OCH3 is 1. The van der Waals surface area contributed by atoms with Crippen LogP contribution in [-0.4, -0.2) is 55.4 Å². The van der Waals surface area contributed by atoms with Crippen molar-refractivity contribution >= 4 is 48.3 Å². The van der Waals surface area contributed by atoms with Crippen LogP contribution in [-0.2, 0) is 67.0 Å². The van der Waals surface area contributed by atoms with Crippen LogP contribution < -0.4 is 0 Å². The second kappa shape index (κ2) is 23.6. The van der Waals surface area contributed by atoms with Crippen molar-refractivity contribution in [1.82, 2.24) is 0 Å². The zero-order valence-corrected chi connectivity index (χ0v) is 20.6. The van der Waals surface area contributed by atoms with Crippen LogP contribution in [0.3, 0.4) is 0 Å². The van der Waals surface area contributed by atoms with Crippen LogP contribution in [0.1, 0.15) is 23.7 Å². The summed E-state index contributed by atoms with van der Waals surface area (Å²) < 4.78 is 22.9. The Morgan fingerprint density at radius 1 is 0.842 bits per heavy atom. The Balaban J connectivity index is -0.000000212. The van der Waals surface area contributed by atoms with E-state index in [0.29, 0.717) is 0 Å². The molecule has 1 fully saturated rings. The third kappa shape index (κ3) is 17.3. The van der Waals surface area contributed by atoms with Gasteiger partial charge in [0.05, 0.1) is 18.9 Å². The first kappa shape index (κ1) is 35.0. The lowest BCUT2D eigenvalue weighted by atomic mass is 9.73. The zero-order chi connectivity index (χ0) is 32.1. The summed E-state index contributed by atoms with van der Waals surface area (Å²) in [6.07, 6.45) is 13.5. The molecule has 0 spiro atoms. The fraction of sp³-hybridized carbons (Fsp3) is 0.333. The molecule has 38 heavy (non-hydrogen) atoms. The molecule has 0 N–H and O–H groups in total. The number of hydrogen-bond donors (Lipinski definition) is 0. The summed E-state index contributed by atoms with van der Waals surface area (Å²) in [6.45, 7) is 5.77. The smallest absolute Gasteiger partial charge is 0.373 e. The van der Waals surface area contributed by atoms with E-state index in [2.05, 4.69) is 14.2 Å². The van der Waals surface area contributed by atoms with Crippen LogP contribution >= 0.6 is 0 Å². The second-order valence-electron chi connectivity index (χ2n) is 6.63. The molecule has 206 valence electrons. The molecule has 0 aromatic rings. The highest BCUT2D eigenvalue weighted by atomic mass is 16.6. The van der Waals surface area contributed by atoms with Gasteiger partial charge in [0.1, 0.15) is 0 Å². The SMILES string of the molecule is C/C=C/C=C/C(=O)OC.C[C@@H]1C=C[C@H](C)[C@@H]2C(=O)OC(=O)[C@@H]21.O=C1C=CC(=O)O1.O=C=O.O=C=O.O=C=O.[2H][3H]. The van der Waals surface area contributed by atoms with Gasteiger partial charge in [-0.15, -0.1) is 0 Å². The van der Waals surface area contributed by atoms with Crippen LogP contribution in [0.4, 0.5) is 0 Å². The highest BCUT2D eigenvalue weighted by molar-refractivity contribution is 6.04. The molecule has 0 aromatic carbocycles. The van der Waals surface area contributed by atoms with Crippen LogP contribution in [0, 0.1) is 23.7 Å². The minimum absolute atomic E-state index is 0.125. The molecule has 0 unspecified atom stereocenters. The summed E-state index contributed by atoms with van der Waals surface area (Å²) in [5.74, 6) is -2.42. The number of ether oxygens (including phenoxy) is 3. The maximum absolute atomic E-state index is 11.3. The highest BCUT2D eigenvalue weighted by Crippen LogP contribution is 2.39. The molecule has 14 nitrogen and oxygen atoms in total. The Hall–Kier alpha value is -5.15. The van der Waals surface area contributed by atoms with Crippen molar-refractivity contribution in [3.63, 3.8) is 0 Å². The molecule has 0 bridgehead atoms. The lowest BCUT2D eigenvalue weighted by Gasteiger charge is -2.26. The van der Waals surface area contributed by atoms with Gasteiger partial charge in [0.15, 0.2) is 0 Å². The number of cyclic esters (lactones) is 4. The largest absolute Gasteiger partial charge is 0.466 e. The normalized spacial score (nSPS) is 21.5. The predicted octanol–water partition coefficient (Wildman–Crippen LogP) is 0.557. The van der Waals surface area contributed by atoms with E-state index in [-0.39, 0.29) is 60.0 Å². The van der Waals surface area contributed by atoms with Crippen molar-refractivity contribution in [2.75, 3.05) is 7.11 Å². The summed E-state index contributed by atoms with van der Waals surface area (Å²) in [7, 11) is 1.35. The summed E-state index contributed by atoms with van der Waals surface area (Å²) in [5.41, 5.74) is 0. The fourth-order valence-corrected chi connectivity index (χ4v) is 2.82. The van der Waals surface area contributed by atoms with Crippen LogP contribution in [0.25, 0.3) is 0 Å². The molecule has 4 atom stereocenters. The van der Waals surface area contributed by atoms with Crippen molar-refractivity contribution in [3.8, 4) is 0 Å². The van der Waals surface area contributed by atoms with E-state index in [0.717, 1.165) is 12.2 Å². The molecule has 0 amide bonds. The molecule has 3 aliphatic rings. The maximum Gasteiger partial charge on any atom is 0.373 e. The number of esters is 5. The van der Waals surface area contributed by atoms with E-state index in [9.17, 15) is 24.0 Å². The first-order valence-electron chi connectivity index (χ1n) is 11.2. The summed E-state index contributed by atoms with van der Waals surface area (Å²) in [5, 5.41) is 0.